The van der Waals surface area contributed by atoms with Crippen molar-refractivity contribution >= 4 is 21.4 Å². The highest BCUT2D eigenvalue weighted by atomic mass is 32.2. The largest absolute Gasteiger partial charge is 0.398 e. The summed E-state index contributed by atoms with van der Waals surface area (Å²) >= 11 is 0. The third kappa shape index (κ3) is 2.56. The van der Waals surface area contributed by atoms with Crippen molar-refractivity contribution in [1.29, 1.82) is 0 Å². The molecule has 19 heavy (non-hydrogen) atoms. The number of nitrogens with zero attached hydrogens (tertiary/aromatic N) is 1. The molecule has 0 saturated carbocycles. The molecule has 0 fully saturated rings. The van der Waals surface area contributed by atoms with Crippen LogP contribution >= 0.6 is 0 Å². The minimum absolute atomic E-state index is 0.123. The molecular weight excluding hydrogens is 260 g/mol. The van der Waals surface area contributed by atoms with Gasteiger partial charge in [0.1, 0.15) is 4.90 Å². The molecule has 0 atom stereocenters. The molecule has 0 aliphatic carbocycles. The van der Waals surface area contributed by atoms with E-state index in [-0.39, 0.29) is 10.6 Å². The number of nitrogens with two attached hydrogens (primary N) is 1. The van der Waals surface area contributed by atoms with E-state index in [1.165, 1.54) is 17.4 Å². The van der Waals surface area contributed by atoms with Crippen molar-refractivity contribution in [1.82, 2.24) is 0 Å². The number of hydrogen-bond donors (Lipinski definition) is 1. The summed E-state index contributed by atoms with van der Waals surface area (Å²) in [5.41, 5.74) is 7.68. The summed E-state index contributed by atoms with van der Waals surface area (Å²) in [6, 6.07) is 13.7. The standard InChI is InChI=1S/C14H16N2O2S/c1-11-7-9-12(10-8-11)16(2)19(17,18)14-6-4-3-5-13(14)15/h3-10H,15H2,1-2H3. The average Bonchev–Trinajstić information content (AvgIpc) is 2.39. The van der Waals surface area contributed by atoms with E-state index in [2.05, 4.69) is 0 Å². The van der Waals surface area contributed by atoms with Crippen molar-refractivity contribution in [2.75, 3.05) is 17.1 Å². The number of hydrogen-bond acceptors (Lipinski definition) is 3. The van der Waals surface area contributed by atoms with E-state index in [9.17, 15) is 8.42 Å². The number of anilines is 2. The molecule has 0 bridgehead atoms. The molecule has 0 saturated heterocycles. The second kappa shape index (κ2) is 4.93. The molecule has 0 spiro atoms. The molecule has 2 aromatic rings. The van der Waals surface area contributed by atoms with E-state index in [0.29, 0.717) is 5.69 Å². The molecule has 0 aliphatic rings. The first-order chi connectivity index (χ1) is 8.93. The Hall–Kier alpha value is -2.01. The molecule has 100 valence electrons. The second-order valence-corrected chi connectivity index (χ2v) is 6.28. The topological polar surface area (TPSA) is 63.4 Å². The van der Waals surface area contributed by atoms with Crippen LogP contribution in [-0.4, -0.2) is 15.5 Å². The van der Waals surface area contributed by atoms with Crippen LogP contribution in [0.15, 0.2) is 53.4 Å². The van der Waals surface area contributed by atoms with Gasteiger partial charge in [-0.1, -0.05) is 29.8 Å². The number of benzene rings is 2. The molecule has 0 amide bonds. The highest BCUT2D eigenvalue weighted by molar-refractivity contribution is 7.93. The molecular formula is C14H16N2O2S. The van der Waals surface area contributed by atoms with E-state index in [0.717, 1.165) is 5.56 Å². The first-order valence-electron chi connectivity index (χ1n) is 5.83. The van der Waals surface area contributed by atoms with Crippen molar-refractivity contribution in [3.8, 4) is 0 Å². The quantitative estimate of drug-likeness (QED) is 0.876. The van der Waals surface area contributed by atoms with Crippen LogP contribution in [0.3, 0.4) is 0 Å². The normalized spacial score (nSPS) is 11.3. The van der Waals surface area contributed by atoms with E-state index < -0.39 is 10.0 Å². The van der Waals surface area contributed by atoms with Gasteiger partial charge in [-0.05, 0) is 31.2 Å². The van der Waals surface area contributed by atoms with E-state index in [1.54, 1.807) is 30.3 Å². The Labute approximate surface area is 113 Å². The number of nitrogen functional groups attached to an aromatic ring is 1. The van der Waals surface area contributed by atoms with Crippen molar-refractivity contribution in [2.24, 2.45) is 0 Å². The van der Waals surface area contributed by atoms with Crippen LogP contribution in [0.2, 0.25) is 0 Å². The van der Waals surface area contributed by atoms with Crippen LogP contribution in [0.25, 0.3) is 0 Å². The molecule has 0 heterocycles. The molecule has 2 aromatic carbocycles. The fourth-order valence-corrected chi connectivity index (χ4v) is 3.07. The lowest BCUT2D eigenvalue weighted by molar-refractivity contribution is 0.595. The highest BCUT2D eigenvalue weighted by Gasteiger charge is 2.23. The number of para-hydroxylation sites is 1. The Morgan fingerprint density at radius 2 is 1.58 bits per heavy atom. The predicted molar refractivity (Wildman–Crippen MR) is 77.6 cm³/mol. The molecule has 0 unspecified atom stereocenters. The molecule has 0 aromatic heterocycles. The number of aryl methyl sites for hydroxylation is 1. The third-order valence-electron chi connectivity index (χ3n) is 2.96. The van der Waals surface area contributed by atoms with E-state index >= 15 is 0 Å². The van der Waals surface area contributed by atoms with Gasteiger partial charge in [0.25, 0.3) is 10.0 Å². The van der Waals surface area contributed by atoms with Gasteiger partial charge in [0, 0.05) is 7.05 Å². The van der Waals surface area contributed by atoms with Crippen molar-refractivity contribution in [3.63, 3.8) is 0 Å². The maximum Gasteiger partial charge on any atom is 0.266 e. The average molecular weight is 276 g/mol. The fraction of sp³-hybridized carbons (Fsp3) is 0.143. The van der Waals surface area contributed by atoms with Gasteiger partial charge in [-0.25, -0.2) is 8.42 Å². The van der Waals surface area contributed by atoms with Crippen LogP contribution in [0.4, 0.5) is 11.4 Å². The first-order valence-corrected chi connectivity index (χ1v) is 7.27. The summed E-state index contributed by atoms with van der Waals surface area (Å²) in [5.74, 6) is 0. The molecule has 2 rings (SSSR count). The fourth-order valence-electron chi connectivity index (χ4n) is 1.76. The third-order valence-corrected chi connectivity index (χ3v) is 4.81. The lowest BCUT2D eigenvalue weighted by Crippen LogP contribution is -2.27. The molecule has 0 aliphatic heterocycles. The lowest BCUT2D eigenvalue weighted by Gasteiger charge is -2.20. The second-order valence-electron chi connectivity index (χ2n) is 4.35. The van der Waals surface area contributed by atoms with Crippen molar-refractivity contribution in [3.05, 3.63) is 54.1 Å². The van der Waals surface area contributed by atoms with Crippen LogP contribution < -0.4 is 10.0 Å². The summed E-state index contributed by atoms with van der Waals surface area (Å²) in [6.07, 6.45) is 0. The van der Waals surface area contributed by atoms with Gasteiger partial charge in [0.15, 0.2) is 0 Å². The Morgan fingerprint density at radius 1 is 1.00 bits per heavy atom. The summed E-state index contributed by atoms with van der Waals surface area (Å²) in [6.45, 7) is 1.95. The summed E-state index contributed by atoms with van der Waals surface area (Å²) < 4.78 is 26.2. The van der Waals surface area contributed by atoms with E-state index in [4.69, 9.17) is 5.73 Å². The molecule has 0 radical (unpaired) electrons. The van der Waals surface area contributed by atoms with Gasteiger partial charge in [-0.15, -0.1) is 0 Å². The first kappa shape index (κ1) is 13.4. The van der Waals surface area contributed by atoms with Crippen molar-refractivity contribution in [2.45, 2.75) is 11.8 Å². The number of rotatable bonds is 3. The Bertz CT molecular complexity index is 679. The molecule has 2 N–H and O–H groups in total. The predicted octanol–water partition coefficient (Wildman–Crippen LogP) is 2.40. The van der Waals surface area contributed by atoms with E-state index in [1.807, 2.05) is 19.1 Å². The minimum Gasteiger partial charge on any atom is -0.398 e. The Kier molecular flexibility index (Phi) is 3.48. The highest BCUT2D eigenvalue weighted by Crippen LogP contribution is 2.25. The maximum atomic E-state index is 12.5. The molecule has 5 heteroatoms. The Morgan fingerprint density at radius 3 is 2.16 bits per heavy atom. The monoisotopic (exact) mass is 276 g/mol. The maximum absolute atomic E-state index is 12.5. The van der Waals surface area contributed by atoms with Gasteiger partial charge < -0.3 is 5.73 Å². The van der Waals surface area contributed by atoms with Gasteiger partial charge >= 0.3 is 0 Å². The van der Waals surface area contributed by atoms with Crippen LogP contribution in [0.1, 0.15) is 5.56 Å². The van der Waals surface area contributed by atoms with Gasteiger partial charge in [-0.3, -0.25) is 4.31 Å². The van der Waals surface area contributed by atoms with Gasteiger partial charge in [-0.2, -0.15) is 0 Å². The Balaban J connectivity index is 2.45. The summed E-state index contributed by atoms with van der Waals surface area (Å²) in [4.78, 5) is 0.123. The van der Waals surface area contributed by atoms with Crippen LogP contribution in [0.5, 0.6) is 0 Å². The molecule has 4 nitrogen and oxygen atoms in total. The zero-order chi connectivity index (χ0) is 14.0. The van der Waals surface area contributed by atoms with Crippen LogP contribution in [-0.2, 0) is 10.0 Å². The number of sulfonamides is 1. The smallest absolute Gasteiger partial charge is 0.266 e. The zero-order valence-corrected chi connectivity index (χ0v) is 11.7. The minimum atomic E-state index is -3.63. The van der Waals surface area contributed by atoms with Crippen LogP contribution in [0, 0.1) is 6.92 Å². The SMILES string of the molecule is Cc1ccc(N(C)S(=O)(=O)c2ccccc2N)cc1. The zero-order valence-electron chi connectivity index (χ0n) is 10.9. The lowest BCUT2D eigenvalue weighted by atomic mass is 10.2. The van der Waals surface area contributed by atoms with Crippen molar-refractivity contribution < 1.29 is 8.42 Å². The van der Waals surface area contributed by atoms with Gasteiger partial charge in [0.2, 0.25) is 0 Å². The summed E-state index contributed by atoms with van der Waals surface area (Å²) in [7, 11) is -2.11. The van der Waals surface area contributed by atoms with Gasteiger partial charge in [0.05, 0.1) is 11.4 Å². The summed E-state index contributed by atoms with van der Waals surface area (Å²) in [5, 5.41) is 0.